The highest BCUT2D eigenvalue weighted by Gasteiger charge is 2.27. The Morgan fingerprint density at radius 2 is 1.87 bits per heavy atom. The molecule has 0 aliphatic carbocycles. The third kappa shape index (κ3) is 5.02. The van der Waals surface area contributed by atoms with Crippen LogP contribution in [0.15, 0.2) is 47.4 Å². The number of nitrogens with zero attached hydrogens (tertiary/aromatic N) is 1. The van der Waals surface area contributed by atoms with Gasteiger partial charge < -0.3 is 10.1 Å². The lowest BCUT2D eigenvalue weighted by Crippen LogP contribution is -2.28. The van der Waals surface area contributed by atoms with Gasteiger partial charge in [-0.2, -0.15) is 4.31 Å². The van der Waals surface area contributed by atoms with E-state index in [2.05, 4.69) is 5.32 Å². The van der Waals surface area contributed by atoms with E-state index in [-0.39, 0.29) is 23.3 Å². The molecular weight excluding hydrogens is 400 g/mol. The van der Waals surface area contributed by atoms with E-state index in [9.17, 15) is 13.2 Å². The highest BCUT2D eigenvalue weighted by Crippen LogP contribution is 2.27. The fourth-order valence-electron chi connectivity index (χ4n) is 3.90. The predicted molar refractivity (Wildman–Crippen MR) is 117 cm³/mol. The third-order valence-electron chi connectivity index (χ3n) is 5.61. The Hall–Kier alpha value is -2.38. The molecule has 162 valence electrons. The maximum absolute atomic E-state index is 12.9. The zero-order valence-electron chi connectivity index (χ0n) is 17.8. The second kappa shape index (κ2) is 9.62. The number of hydrogen-bond donors (Lipinski definition) is 1. The molecule has 2 aromatic carbocycles. The van der Waals surface area contributed by atoms with Gasteiger partial charge in [0, 0.05) is 19.5 Å². The number of methoxy groups -OCH3 is 1. The standard InChI is InChI=1S/C23H30N2O4S/c1-17-8-4-5-9-21(17)18(2)24-23(26)13-10-19-16-20(11-12-22(19)29-3)30(27,28)25-14-6-7-15-25/h4-5,8-9,11-12,16,18H,6-7,10,13-15H2,1-3H3,(H,24,26)/t18-/m1/s1. The van der Waals surface area contributed by atoms with Gasteiger partial charge in [0.2, 0.25) is 15.9 Å². The number of benzene rings is 2. The first-order valence-electron chi connectivity index (χ1n) is 10.3. The molecule has 3 rings (SSSR count). The molecule has 6 nitrogen and oxygen atoms in total. The quantitative estimate of drug-likeness (QED) is 0.694. The molecule has 0 unspecified atom stereocenters. The van der Waals surface area contributed by atoms with Gasteiger partial charge in [0.1, 0.15) is 5.75 Å². The molecule has 2 aromatic rings. The summed E-state index contributed by atoms with van der Waals surface area (Å²) in [5.41, 5.74) is 2.94. The largest absolute Gasteiger partial charge is 0.496 e. The Morgan fingerprint density at radius 1 is 1.17 bits per heavy atom. The lowest BCUT2D eigenvalue weighted by molar-refractivity contribution is -0.121. The predicted octanol–water partition coefficient (Wildman–Crippen LogP) is 3.60. The van der Waals surface area contributed by atoms with E-state index in [1.165, 1.54) is 4.31 Å². The number of ether oxygens (including phenoxy) is 1. The van der Waals surface area contributed by atoms with Crippen molar-refractivity contribution in [3.63, 3.8) is 0 Å². The summed E-state index contributed by atoms with van der Waals surface area (Å²) >= 11 is 0. The number of nitrogens with one attached hydrogen (secondary N) is 1. The summed E-state index contributed by atoms with van der Waals surface area (Å²) in [6.45, 7) is 5.10. The first-order chi connectivity index (χ1) is 14.3. The van der Waals surface area contributed by atoms with E-state index in [1.54, 1.807) is 25.3 Å². The molecule has 1 heterocycles. The molecule has 1 atom stereocenters. The van der Waals surface area contributed by atoms with Crippen molar-refractivity contribution in [3.8, 4) is 5.75 Å². The van der Waals surface area contributed by atoms with Gasteiger partial charge in [0.05, 0.1) is 18.0 Å². The molecular formula is C23H30N2O4S. The Morgan fingerprint density at radius 3 is 2.53 bits per heavy atom. The third-order valence-corrected chi connectivity index (χ3v) is 7.50. The molecule has 1 fully saturated rings. The van der Waals surface area contributed by atoms with E-state index in [0.29, 0.717) is 25.3 Å². The maximum atomic E-state index is 12.9. The Balaban J connectivity index is 1.69. The number of carbonyl (C=O) groups excluding carboxylic acids is 1. The van der Waals surface area contributed by atoms with E-state index in [4.69, 9.17) is 4.74 Å². The van der Waals surface area contributed by atoms with E-state index in [0.717, 1.165) is 29.5 Å². The van der Waals surface area contributed by atoms with Crippen molar-refractivity contribution in [2.45, 2.75) is 50.5 Å². The summed E-state index contributed by atoms with van der Waals surface area (Å²) in [5.74, 6) is 0.510. The fourth-order valence-corrected chi connectivity index (χ4v) is 5.47. The van der Waals surface area contributed by atoms with E-state index >= 15 is 0 Å². The normalized spacial score (nSPS) is 15.7. The van der Waals surface area contributed by atoms with Gasteiger partial charge in [-0.1, -0.05) is 24.3 Å². The fraction of sp³-hybridized carbons (Fsp3) is 0.435. The molecule has 7 heteroatoms. The minimum Gasteiger partial charge on any atom is -0.496 e. The van der Waals surface area contributed by atoms with Crippen LogP contribution in [-0.4, -0.2) is 38.8 Å². The van der Waals surface area contributed by atoms with Gasteiger partial charge >= 0.3 is 0 Å². The van der Waals surface area contributed by atoms with Crippen LogP contribution in [0.4, 0.5) is 0 Å². The van der Waals surface area contributed by atoms with Gasteiger partial charge in [-0.05, 0) is 68.0 Å². The Kier molecular flexibility index (Phi) is 7.15. The summed E-state index contributed by atoms with van der Waals surface area (Å²) in [6.07, 6.45) is 2.43. The van der Waals surface area contributed by atoms with Gasteiger partial charge in [-0.15, -0.1) is 0 Å². The molecule has 1 aliphatic heterocycles. The van der Waals surface area contributed by atoms with E-state index < -0.39 is 10.0 Å². The molecule has 1 aliphatic rings. The number of sulfonamides is 1. The molecule has 1 saturated heterocycles. The molecule has 0 bridgehead atoms. The van der Waals surface area contributed by atoms with Crippen LogP contribution in [0.1, 0.15) is 48.9 Å². The number of rotatable bonds is 8. The van der Waals surface area contributed by atoms with Gasteiger partial charge in [-0.3, -0.25) is 4.79 Å². The Labute approximate surface area is 179 Å². The first kappa shape index (κ1) is 22.3. The minimum atomic E-state index is -3.51. The Bertz CT molecular complexity index is 998. The monoisotopic (exact) mass is 430 g/mol. The van der Waals surface area contributed by atoms with Crippen LogP contribution in [0, 0.1) is 6.92 Å². The van der Waals surface area contributed by atoms with Crippen LogP contribution < -0.4 is 10.1 Å². The summed E-state index contributed by atoms with van der Waals surface area (Å²) < 4.78 is 32.6. The molecule has 30 heavy (non-hydrogen) atoms. The van der Waals surface area contributed by atoms with Crippen molar-refractivity contribution in [2.24, 2.45) is 0 Å². The van der Waals surface area contributed by atoms with Crippen LogP contribution in [-0.2, 0) is 21.2 Å². The molecule has 0 radical (unpaired) electrons. The average Bonchev–Trinajstić information content (AvgIpc) is 3.28. The SMILES string of the molecule is COc1ccc(S(=O)(=O)N2CCCC2)cc1CCC(=O)N[C@H](C)c1ccccc1C. The molecule has 0 aromatic heterocycles. The van der Waals surface area contributed by atoms with Crippen molar-refractivity contribution >= 4 is 15.9 Å². The van der Waals surface area contributed by atoms with Crippen LogP contribution >= 0.6 is 0 Å². The smallest absolute Gasteiger partial charge is 0.243 e. The number of aryl methyl sites for hydroxylation is 2. The molecule has 0 saturated carbocycles. The minimum absolute atomic E-state index is 0.0828. The average molecular weight is 431 g/mol. The van der Waals surface area contributed by atoms with Crippen molar-refractivity contribution in [1.82, 2.24) is 9.62 Å². The lowest BCUT2D eigenvalue weighted by Gasteiger charge is -2.18. The molecule has 1 amide bonds. The maximum Gasteiger partial charge on any atom is 0.243 e. The summed E-state index contributed by atoms with van der Waals surface area (Å²) in [5, 5.41) is 3.03. The highest BCUT2D eigenvalue weighted by molar-refractivity contribution is 7.89. The lowest BCUT2D eigenvalue weighted by atomic mass is 10.0. The van der Waals surface area contributed by atoms with Gasteiger partial charge in [-0.25, -0.2) is 8.42 Å². The van der Waals surface area contributed by atoms with Crippen LogP contribution in [0.5, 0.6) is 5.75 Å². The zero-order chi connectivity index (χ0) is 21.7. The van der Waals surface area contributed by atoms with Gasteiger partial charge in [0.25, 0.3) is 0 Å². The van der Waals surface area contributed by atoms with Crippen LogP contribution in [0.2, 0.25) is 0 Å². The van der Waals surface area contributed by atoms with Crippen LogP contribution in [0.3, 0.4) is 0 Å². The second-order valence-corrected chi connectivity index (χ2v) is 9.67. The second-order valence-electron chi connectivity index (χ2n) is 7.73. The summed E-state index contributed by atoms with van der Waals surface area (Å²) in [4.78, 5) is 12.8. The summed E-state index contributed by atoms with van der Waals surface area (Å²) in [7, 11) is -1.96. The number of carbonyl (C=O) groups is 1. The topological polar surface area (TPSA) is 75.7 Å². The molecule has 1 N–H and O–H groups in total. The van der Waals surface area contributed by atoms with Crippen molar-refractivity contribution < 1.29 is 17.9 Å². The van der Waals surface area contributed by atoms with Crippen molar-refractivity contribution in [3.05, 3.63) is 59.2 Å². The van der Waals surface area contributed by atoms with Crippen molar-refractivity contribution in [2.75, 3.05) is 20.2 Å². The number of amides is 1. The van der Waals surface area contributed by atoms with Crippen molar-refractivity contribution in [1.29, 1.82) is 0 Å². The number of hydrogen-bond acceptors (Lipinski definition) is 4. The van der Waals surface area contributed by atoms with E-state index in [1.807, 2.05) is 38.1 Å². The highest BCUT2D eigenvalue weighted by atomic mass is 32.2. The summed E-state index contributed by atoms with van der Waals surface area (Å²) in [6, 6.07) is 12.8. The van der Waals surface area contributed by atoms with Crippen LogP contribution in [0.25, 0.3) is 0 Å². The molecule has 0 spiro atoms. The van der Waals surface area contributed by atoms with Gasteiger partial charge in [0.15, 0.2) is 0 Å². The zero-order valence-corrected chi connectivity index (χ0v) is 18.7. The first-order valence-corrected chi connectivity index (χ1v) is 11.8.